The largest absolute Gasteiger partial charge is 0.396 e. The van der Waals surface area contributed by atoms with E-state index in [1.54, 1.807) is 0 Å². The van der Waals surface area contributed by atoms with Crippen molar-refractivity contribution in [3.63, 3.8) is 0 Å². The van der Waals surface area contributed by atoms with Crippen LogP contribution in [0.5, 0.6) is 0 Å². The first-order chi connectivity index (χ1) is 9.74. The zero-order valence-corrected chi connectivity index (χ0v) is 12.3. The van der Waals surface area contributed by atoms with Crippen molar-refractivity contribution in [1.82, 2.24) is 10.1 Å². The summed E-state index contributed by atoms with van der Waals surface area (Å²) in [5.74, 6) is -1.43. The number of nitrogens with zero attached hydrogens (tertiary/aromatic N) is 2. The van der Waals surface area contributed by atoms with Crippen LogP contribution in [0, 0.1) is 17.0 Å². The number of halogens is 2. The highest BCUT2D eigenvalue weighted by Gasteiger charge is 2.31. The Bertz CT molecular complexity index is 650. The smallest absolute Gasteiger partial charge is 0.261 e. The van der Waals surface area contributed by atoms with E-state index >= 15 is 0 Å². The van der Waals surface area contributed by atoms with Crippen LogP contribution < -0.4 is 5.73 Å². The molecule has 7 heteroatoms. The number of ether oxygens (including phenoxy) is 1. The van der Waals surface area contributed by atoms with Crippen molar-refractivity contribution in [1.29, 1.82) is 0 Å². The molecule has 2 aromatic rings. The van der Waals surface area contributed by atoms with Gasteiger partial charge < -0.3 is 15.0 Å². The molecule has 5 nitrogen and oxygen atoms in total. The second-order valence-corrected chi connectivity index (χ2v) is 5.79. The van der Waals surface area contributed by atoms with Gasteiger partial charge in [-0.25, -0.2) is 8.78 Å². The van der Waals surface area contributed by atoms with Gasteiger partial charge in [-0.2, -0.15) is 4.98 Å². The number of rotatable bonds is 3. The first-order valence-electron chi connectivity index (χ1n) is 6.35. The predicted molar refractivity (Wildman–Crippen MR) is 73.3 cm³/mol. The topological polar surface area (TPSA) is 74.2 Å². The molecular weight excluding hydrogens is 280 g/mol. The Labute approximate surface area is 121 Å². The molecule has 1 heterocycles. The lowest BCUT2D eigenvalue weighted by atomic mass is 9.88. The van der Waals surface area contributed by atoms with Crippen molar-refractivity contribution in [3.05, 3.63) is 29.6 Å². The molecule has 1 atom stereocenters. The highest BCUT2D eigenvalue weighted by molar-refractivity contribution is 5.61. The van der Waals surface area contributed by atoms with Crippen LogP contribution in [0.2, 0.25) is 0 Å². The summed E-state index contributed by atoms with van der Waals surface area (Å²) in [4.78, 5) is 4.13. The van der Waals surface area contributed by atoms with E-state index in [2.05, 4.69) is 10.1 Å². The third-order valence-corrected chi connectivity index (χ3v) is 3.02. The zero-order valence-electron chi connectivity index (χ0n) is 12.3. The van der Waals surface area contributed by atoms with Crippen molar-refractivity contribution in [3.8, 4) is 11.5 Å². The van der Waals surface area contributed by atoms with Crippen LogP contribution in [0.4, 0.5) is 14.5 Å². The van der Waals surface area contributed by atoms with Crippen LogP contribution in [-0.4, -0.2) is 17.3 Å². The van der Waals surface area contributed by atoms with Gasteiger partial charge in [-0.1, -0.05) is 25.9 Å². The van der Waals surface area contributed by atoms with E-state index in [0.717, 1.165) is 6.07 Å². The van der Waals surface area contributed by atoms with Crippen molar-refractivity contribution in [2.45, 2.75) is 26.9 Å². The molecule has 114 valence electrons. The molecule has 0 aliphatic heterocycles. The molecule has 0 fully saturated rings. The average Bonchev–Trinajstić information content (AvgIpc) is 2.82. The van der Waals surface area contributed by atoms with E-state index in [1.807, 2.05) is 20.8 Å². The summed E-state index contributed by atoms with van der Waals surface area (Å²) in [5, 5.41) is 3.81. The molecule has 0 bridgehead atoms. The summed E-state index contributed by atoms with van der Waals surface area (Å²) < 4.78 is 37.4. The lowest BCUT2D eigenvalue weighted by molar-refractivity contribution is 0.00718. The standard InChI is InChI=1S/C14H17F2N3O2/c1-14(2,3)11(20-4)12-18-13(21-19-12)7-5-10(17)9(16)6-8(7)15/h5-6,11H,17H2,1-4H3. The molecule has 0 saturated heterocycles. The van der Waals surface area contributed by atoms with Gasteiger partial charge in [-0.15, -0.1) is 0 Å². The van der Waals surface area contributed by atoms with Gasteiger partial charge in [-0.05, 0) is 11.5 Å². The number of anilines is 1. The van der Waals surface area contributed by atoms with E-state index in [1.165, 1.54) is 7.11 Å². The number of methoxy groups -OCH3 is 1. The van der Waals surface area contributed by atoms with E-state index in [0.29, 0.717) is 11.9 Å². The van der Waals surface area contributed by atoms with Crippen LogP contribution in [-0.2, 0) is 4.74 Å². The molecule has 21 heavy (non-hydrogen) atoms. The lowest BCUT2D eigenvalue weighted by Gasteiger charge is -2.26. The zero-order chi connectivity index (χ0) is 15.8. The Morgan fingerprint density at radius 2 is 1.90 bits per heavy atom. The SMILES string of the molecule is COC(c1noc(-c2cc(N)c(F)cc2F)n1)C(C)(C)C. The molecule has 1 aromatic carbocycles. The van der Waals surface area contributed by atoms with E-state index in [-0.39, 0.29) is 22.6 Å². The van der Waals surface area contributed by atoms with Gasteiger partial charge in [-0.3, -0.25) is 0 Å². The third kappa shape index (κ3) is 3.02. The Morgan fingerprint density at radius 1 is 1.24 bits per heavy atom. The van der Waals surface area contributed by atoms with Gasteiger partial charge in [0.2, 0.25) is 5.82 Å². The average molecular weight is 297 g/mol. The molecule has 0 saturated carbocycles. The van der Waals surface area contributed by atoms with E-state index in [9.17, 15) is 8.78 Å². The molecule has 0 radical (unpaired) electrons. The minimum atomic E-state index is -0.833. The Kier molecular flexibility index (Phi) is 3.95. The van der Waals surface area contributed by atoms with Crippen molar-refractivity contribution >= 4 is 5.69 Å². The maximum Gasteiger partial charge on any atom is 0.261 e. The Balaban J connectivity index is 2.43. The number of benzene rings is 1. The number of nitrogens with two attached hydrogens (primary N) is 1. The number of aromatic nitrogens is 2. The number of hydrogen-bond acceptors (Lipinski definition) is 5. The summed E-state index contributed by atoms with van der Waals surface area (Å²) in [6.45, 7) is 5.86. The van der Waals surface area contributed by atoms with Gasteiger partial charge in [0.1, 0.15) is 17.7 Å². The predicted octanol–water partition coefficient (Wildman–Crippen LogP) is 3.33. The first kappa shape index (κ1) is 15.4. The molecule has 1 aromatic heterocycles. The minimum absolute atomic E-state index is 0.0450. The lowest BCUT2D eigenvalue weighted by Crippen LogP contribution is -2.21. The van der Waals surface area contributed by atoms with Crippen molar-refractivity contribution < 1.29 is 18.0 Å². The fraction of sp³-hybridized carbons (Fsp3) is 0.429. The quantitative estimate of drug-likeness (QED) is 0.880. The summed E-state index contributed by atoms with van der Waals surface area (Å²) >= 11 is 0. The minimum Gasteiger partial charge on any atom is -0.396 e. The van der Waals surface area contributed by atoms with Crippen LogP contribution in [0.25, 0.3) is 11.5 Å². The van der Waals surface area contributed by atoms with Crippen molar-refractivity contribution in [2.75, 3.05) is 12.8 Å². The second-order valence-electron chi connectivity index (χ2n) is 5.79. The van der Waals surface area contributed by atoms with E-state index in [4.69, 9.17) is 15.0 Å². The van der Waals surface area contributed by atoms with Crippen LogP contribution in [0.1, 0.15) is 32.7 Å². The number of hydrogen-bond donors (Lipinski definition) is 1. The summed E-state index contributed by atoms with van der Waals surface area (Å²) in [6, 6.07) is 1.81. The van der Waals surface area contributed by atoms with Gasteiger partial charge in [0, 0.05) is 13.2 Å². The monoisotopic (exact) mass is 297 g/mol. The fourth-order valence-electron chi connectivity index (χ4n) is 2.03. The summed E-state index contributed by atoms with van der Waals surface area (Å²) in [6.07, 6.45) is -0.421. The fourth-order valence-corrected chi connectivity index (χ4v) is 2.03. The first-order valence-corrected chi connectivity index (χ1v) is 6.35. The Hall–Kier alpha value is -2.02. The normalized spacial score (nSPS) is 13.4. The molecular formula is C14H17F2N3O2. The molecule has 0 amide bonds. The Morgan fingerprint density at radius 3 is 2.48 bits per heavy atom. The highest BCUT2D eigenvalue weighted by Crippen LogP contribution is 2.35. The molecule has 2 rings (SSSR count). The molecule has 1 unspecified atom stereocenters. The molecule has 0 spiro atoms. The van der Waals surface area contributed by atoms with Gasteiger partial charge in [0.05, 0.1) is 11.3 Å². The van der Waals surface area contributed by atoms with Crippen LogP contribution in [0.3, 0.4) is 0 Å². The molecule has 0 aliphatic rings. The van der Waals surface area contributed by atoms with E-state index < -0.39 is 17.7 Å². The maximum absolute atomic E-state index is 13.8. The number of nitrogen functional groups attached to an aromatic ring is 1. The maximum atomic E-state index is 13.8. The summed E-state index contributed by atoms with van der Waals surface area (Å²) in [5.41, 5.74) is 4.93. The van der Waals surface area contributed by atoms with Gasteiger partial charge in [0.25, 0.3) is 5.89 Å². The third-order valence-electron chi connectivity index (χ3n) is 3.02. The van der Waals surface area contributed by atoms with Gasteiger partial charge >= 0.3 is 0 Å². The molecule has 2 N–H and O–H groups in total. The second kappa shape index (κ2) is 5.40. The summed E-state index contributed by atoms with van der Waals surface area (Å²) in [7, 11) is 1.53. The highest BCUT2D eigenvalue weighted by atomic mass is 19.1. The van der Waals surface area contributed by atoms with Gasteiger partial charge in [0.15, 0.2) is 0 Å². The molecule has 0 aliphatic carbocycles. The van der Waals surface area contributed by atoms with Crippen molar-refractivity contribution in [2.24, 2.45) is 5.41 Å². The van der Waals surface area contributed by atoms with Crippen LogP contribution in [0.15, 0.2) is 16.7 Å². The van der Waals surface area contributed by atoms with Crippen LogP contribution >= 0.6 is 0 Å².